The molecule has 1 fully saturated rings. The van der Waals surface area contributed by atoms with E-state index in [4.69, 9.17) is 47.3 Å². The van der Waals surface area contributed by atoms with Gasteiger partial charge in [0.2, 0.25) is 11.8 Å². The second-order valence-corrected chi connectivity index (χ2v) is 19.7. The highest BCUT2D eigenvalue weighted by Gasteiger charge is 2.38. The zero-order valence-corrected chi connectivity index (χ0v) is 44.0. The first-order valence-corrected chi connectivity index (χ1v) is 23.0. The number of carboxylic acids is 1. The van der Waals surface area contributed by atoms with E-state index in [1.807, 2.05) is 70.2 Å². The van der Waals surface area contributed by atoms with Gasteiger partial charge in [0, 0.05) is 52.4 Å². The number of ether oxygens (including phenoxy) is 4. The van der Waals surface area contributed by atoms with Crippen LogP contribution in [0.25, 0.3) is 0 Å². The van der Waals surface area contributed by atoms with Crippen LogP contribution in [0.4, 0.5) is 8.78 Å². The van der Waals surface area contributed by atoms with Crippen LogP contribution in [0, 0.1) is 23.5 Å². The molecular formula is C53H61Cl2F2NO8S3. The third-order valence-corrected chi connectivity index (χ3v) is 12.4. The molecule has 16 heteroatoms. The van der Waals surface area contributed by atoms with Crippen molar-refractivity contribution in [3.63, 3.8) is 0 Å². The van der Waals surface area contributed by atoms with Gasteiger partial charge in [-0.05, 0) is 130 Å². The number of carboxylic acid groups (broad SMARTS) is 1. The van der Waals surface area contributed by atoms with Crippen molar-refractivity contribution in [3.8, 4) is 23.0 Å². The molecule has 3 heterocycles. The fraction of sp³-hybridized carbons (Fsp3) is 0.377. The van der Waals surface area contributed by atoms with E-state index < -0.39 is 29.4 Å². The monoisotopic (exact) mass is 1040 g/mol. The fourth-order valence-electron chi connectivity index (χ4n) is 8.84. The van der Waals surface area contributed by atoms with Gasteiger partial charge in [-0.1, -0.05) is 79.5 Å². The summed E-state index contributed by atoms with van der Waals surface area (Å²) in [6, 6.07) is 26.3. The number of halogens is 4. The third kappa shape index (κ3) is 14.5. The highest BCUT2D eigenvalue weighted by molar-refractivity contribution is 7.59. The number of hydrogen-bond acceptors (Lipinski definition) is 7. The predicted molar refractivity (Wildman–Crippen MR) is 281 cm³/mol. The lowest BCUT2D eigenvalue weighted by molar-refractivity contribution is -0.146. The highest BCUT2D eigenvalue weighted by atomic mass is 35.5. The Balaban J connectivity index is 0.000000306. The number of benzene rings is 5. The van der Waals surface area contributed by atoms with E-state index >= 15 is 4.39 Å². The number of nitrogens with zero attached hydrogens (tertiary/aromatic N) is 1. The lowest BCUT2D eigenvalue weighted by Crippen LogP contribution is -2.43. The Morgan fingerprint density at radius 1 is 0.710 bits per heavy atom. The molecule has 0 aromatic heterocycles. The maximum atomic E-state index is 15.0. The molecule has 5 aromatic carbocycles. The lowest BCUT2D eigenvalue weighted by Gasteiger charge is -2.26. The van der Waals surface area contributed by atoms with Crippen LogP contribution >= 0.6 is 63.7 Å². The first-order chi connectivity index (χ1) is 31.2. The van der Waals surface area contributed by atoms with E-state index in [2.05, 4.69) is 0 Å². The van der Waals surface area contributed by atoms with Crippen molar-refractivity contribution in [1.82, 2.24) is 4.90 Å². The standard InChI is InChI=1S/C32H33ClFNO4.C21H22ClFO4.3H2S/c1-20(31(37)35-26(10-12-29(35)36)14-21-7-5-4-6-8-21)13-22-9-11-28(27(34)15-22)38-19-24-17-25(33)16-23-18-32(2,3)39-30(23)24;1-12(20(24)25)6-13-4-5-18(17(23)7-13)26-11-15-9-16(22)8-14-10-21(2,3)27-19(14)15;;;/h4-9,11,15-17,20,26H,10,12-14,18-19H2,1-3H3;4-5,7-9,12H,6,10-11H2,1-3H3,(H,24,25);3*1H2/t20-,26-;12-;;;/m00.../s1. The van der Waals surface area contributed by atoms with Gasteiger partial charge in [-0.25, -0.2) is 8.78 Å². The van der Waals surface area contributed by atoms with Gasteiger partial charge >= 0.3 is 5.97 Å². The van der Waals surface area contributed by atoms with Crippen molar-refractivity contribution in [2.45, 2.75) is 117 Å². The second kappa shape index (κ2) is 24.0. The highest BCUT2D eigenvalue weighted by Crippen LogP contribution is 2.42. The third-order valence-electron chi connectivity index (χ3n) is 12.0. The summed E-state index contributed by atoms with van der Waals surface area (Å²) in [6.45, 7) is 11.6. The summed E-state index contributed by atoms with van der Waals surface area (Å²) < 4.78 is 52.9. The van der Waals surface area contributed by atoms with Gasteiger partial charge in [0.1, 0.15) is 35.9 Å². The van der Waals surface area contributed by atoms with Crippen LogP contribution in [0.2, 0.25) is 10.0 Å². The van der Waals surface area contributed by atoms with E-state index in [0.29, 0.717) is 46.9 Å². The van der Waals surface area contributed by atoms with Crippen molar-refractivity contribution in [1.29, 1.82) is 0 Å². The number of hydrogen-bond donors (Lipinski definition) is 1. The minimum Gasteiger partial charge on any atom is -0.487 e. The van der Waals surface area contributed by atoms with E-state index in [9.17, 15) is 18.8 Å². The number of imide groups is 1. The van der Waals surface area contributed by atoms with Gasteiger partial charge < -0.3 is 24.1 Å². The molecule has 0 spiro atoms. The molecule has 1 saturated heterocycles. The van der Waals surface area contributed by atoms with Gasteiger partial charge in [-0.2, -0.15) is 40.5 Å². The molecule has 372 valence electrons. The molecule has 0 aliphatic carbocycles. The first-order valence-electron chi connectivity index (χ1n) is 22.2. The zero-order valence-electron chi connectivity index (χ0n) is 39.5. The van der Waals surface area contributed by atoms with Crippen molar-refractivity contribution < 1.29 is 47.2 Å². The summed E-state index contributed by atoms with van der Waals surface area (Å²) in [6.07, 6.45) is 3.75. The summed E-state index contributed by atoms with van der Waals surface area (Å²) in [5.74, 6) is -1.62. The van der Waals surface area contributed by atoms with Crippen LogP contribution in [0.15, 0.2) is 91.0 Å². The van der Waals surface area contributed by atoms with Crippen molar-refractivity contribution in [2.24, 2.45) is 11.8 Å². The Labute approximate surface area is 434 Å². The Hall–Kier alpha value is -4.60. The van der Waals surface area contributed by atoms with Crippen molar-refractivity contribution in [2.75, 3.05) is 0 Å². The van der Waals surface area contributed by atoms with Gasteiger partial charge in [0.05, 0.1) is 5.92 Å². The molecule has 8 rings (SSSR count). The normalized spacial score (nSPS) is 16.6. The maximum Gasteiger partial charge on any atom is 0.306 e. The molecule has 3 aliphatic heterocycles. The van der Waals surface area contributed by atoms with Gasteiger partial charge in [-0.3, -0.25) is 19.3 Å². The predicted octanol–water partition coefficient (Wildman–Crippen LogP) is 12.1. The molecule has 9 nitrogen and oxygen atoms in total. The summed E-state index contributed by atoms with van der Waals surface area (Å²) in [5, 5.41) is 10.2. The molecule has 3 aliphatic rings. The summed E-state index contributed by atoms with van der Waals surface area (Å²) in [5.41, 5.74) is 5.31. The molecule has 0 unspecified atom stereocenters. The molecule has 0 bridgehead atoms. The molecule has 2 amide bonds. The second-order valence-electron chi connectivity index (χ2n) is 18.8. The summed E-state index contributed by atoms with van der Waals surface area (Å²) in [7, 11) is 0. The molecule has 1 N–H and O–H groups in total. The zero-order chi connectivity index (χ0) is 47.5. The molecule has 69 heavy (non-hydrogen) atoms. The quantitative estimate of drug-likeness (QED) is 0.117. The minimum absolute atomic E-state index is 0. The Kier molecular flexibility index (Phi) is 19.8. The molecule has 0 saturated carbocycles. The van der Waals surface area contributed by atoms with Crippen molar-refractivity contribution in [3.05, 3.63) is 152 Å². The number of likely N-dealkylation sites (tertiary alicyclic amines) is 1. The van der Waals surface area contributed by atoms with Crippen LogP contribution in [0.1, 0.15) is 93.3 Å². The minimum atomic E-state index is -0.909. The Morgan fingerprint density at radius 3 is 1.62 bits per heavy atom. The molecule has 5 aromatic rings. The maximum absolute atomic E-state index is 15.0. The van der Waals surface area contributed by atoms with Gasteiger partial charge in [0.25, 0.3) is 0 Å². The summed E-state index contributed by atoms with van der Waals surface area (Å²) >= 11 is 12.5. The molecule has 3 atom stereocenters. The number of aliphatic carboxylic acids is 1. The van der Waals surface area contributed by atoms with E-state index in [0.717, 1.165) is 52.2 Å². The topological polar surface area (TPSA) is 112 Å². The Bertz CT molecular complexity index is 2640. The lowest BCUT2D eigenvalue weighted by atomic mass is 9.98. The van der Waals surface area contributed by atoms with E-state index in [1.54, 1.807) is 44.2 Å². The van der Waals surface area contributed by atoms with Crippen LogP contribution in [0.3, 0.4) is 0 Å². The van der Waals surface area contributed by atoms with Crippen molar-refractivity contribution >= 4 is 81.5 Å². The number of carbonyl (C=O) groups is 3. The van der Waals surface area contributed by atoms with Gasteiger partial charge in [0.15, 0.2) is 23.1 Å². The Morgan fingerprint density at radius 2 is 1.17 bits per heavy atom. The molecule has 0 radical (unpaired) electrons. The van der Waals surface area contributed by atoms with Crippen LogP contribution < -0.4 is 18.9 Å². The number of fused-ring (bicyclic) bond motifs is 2. The average Bonchev–Trinajstić information content (AvgIpc) is 3.88. The fourth-order valence-corrected chi connectivity index (χ4v) is 9.36. The molecular weight excluding hydrogens is 984 g/mol. The largest absolute Gasteiger partial charge is 0.487 e. The van der Waals surface area contributed by atoms with E-state index in [1.165, 1.54) is 23.1 Å². The van der Waals surface area contributed by atoms with Crippen LogP contribution in [-0.2, 0) is 59.7 Å². The van der Waals surface area contributed by atoms with Gasteiger partial charge in [-0.15, -0.1) is 0 Å². The number of amides is 2. The summed E-state index contributed by atoms with van der Waals surface area (Å²) in [4.78, 5) is 38.3. The SMILES string of the molecule is C[C@@H](Cc1ccc(OCc2cc(Cl)cc3c2OC(C)(C)C3)c(F)c1)C(=O)N1C(=O)CC[C@H]1Cc1ccccc1.C[C@@H](Cc1ccc(OCc2cc(Cl)cc3c2OC(C)(C)C3)c(F)c1)C(=O)O.S.S.S. The number of carbonyl (C=O) groups excluding carboxylic acids is 2. The van der Waals surface area contributed by atoms with Crippen LogP contribution in [0.5, 0.6) is 23.0 Å². The average molecular weight is 1050 g/mol. The smallest absolute Gasteiger partial charge is 0.306 e. The van der Waals surface area contributed by atoms with E-state index in [-0.39, 0.29) is 101 Å². The first kappa shape index (κ1) is 57.0. The van der Waals surface area contributed by atoms with Crippen LogP contribution in [-0.4, -0.2) is 45.0 Å². The number of rotatable bonds is 14.